The molecule has 0 spiro atoms. The van der Waals surface area contributed by atoms with E-state index in [0.29, 0.717) is 6.54 Å². The zero-order valence-corrected chi connectivity index (χ0v) is 12.7. The maximum absolute atomic E-state index is 12.8. The summed E-state index contributed by atoms with van der Waals surface area (Å²) in [4.78, 5) is 14.6. The van der Waals surface area contributed by atoms with Crippen molar-refractivity contribution < 1.29 is 9.90 Å². The Morgan fingerprint density at radius 1 is 1.23 bits per heavy atom. The van der Waals surface area contributed by atoms with Gasteiger partial charge in [0.1, 0.15) is 0 Å². The van der Waals surface area contributed by atoms with Crippen molar-refractivity contribution in [1.29, 1.82) is 5.26 Å². The van der Waals surface area contributed by atoms with Crippen molar-refractivity contribution in [3.8, 4) is 6.07 Å². The fraction of sp³-hybridized carbons (Fsp3) is 0.556. The van der Waals surface area contributed by atoms with Crippen LogP contribution in [0.25, 0.3) is 0 Å². The Morgan fingerprint density at radius 2 is 2.00 bits per heavy atom. The minimum atomic E-state index is -0.508. The molecular formula is C18H22N2O2. The van der Waals surface area contributed by atoms with Crippen LogP contribution in [0.5, 0.6) is 0 Å². The fourth-order valence-corrected chi connectivity index (χ4v) is 3.90. The van der Waals surface area contributed by atoms with Crippen LogP contribution in [0.3, 0.4) is 0 Å². The lowest BCUT2D eigenvalue weighted by molar-refractivity contribution is -0.139. The monoisotopic (exact) mass is 298 g/mol. The van der Waals surface area contributed by atoms with Crippen LogP contribution in [0.4, 0.5) is 0 Å². The molecule has 116 valence electrons. The molecule has 1 amide bonds. The number of nitriles is 1. The maximum atomic E-state index is 12.8. The molecule has 2 aliphatic rings. The highest BCUT2D eigenvalue weighted by atomic mass is 16.3. The second kappa shape index (κ2) is 6.50. The number of amides is 1. The summed E-state index contributed by atoms with van der Waals surface area (Å²) < 4.78 is 0. The summed E-state index contributed by atoms with van der Waals surface area (Å²) in [7, 11) is 0. The van der Waals surface area contributed by atoms with Gasteiger partial charge in [0.05, 0.1) is 30.1 Å². The molecule has 1 saturated heterocycles. The Bertz CT molecular complexity index is 566. The molecule has 1 aliphatic carbocycles. The molecule has 22 heavy (non-hydrogen) atoms. The van der Waals surface area contributed by atoms with Gasteiger partial charge in [0.25, 0.3) is 0 Å². The number of carbonyl (C=O) groups excluding carboxylic acids is 1. The smallest absolute Gasteiger partial charge is 0.228 e. The minimum Gasteiger partial charge on any atom is -0.392 e. The normalized spacial score (nSPS) is 29.3. The van der Waals surface area contributed by atoms with Gasteiger partial charge in [0.15, 0.2) is 0 Å². The van der Waals surface area contributed by atoms with Crippen LogP contribution in [0.2, 0.25) is 0 Å². The number of rotatable bonds is 3. The van der Waals surface area contributed by atoms with Crippen molar-refractivity contribution in [1.82, 2.24) is 4.90 Å². The average molecular weight is 298 g/mol. The van der Waals surface area contributed by atoms with Crippen LogP contribution in [-0.2, 0) is 4.79 Å². The molecular weight excluding hydrogens is 276 g/mol. The summed E-state index contributed by atoms with van der Waals surface area (Å²) in [5.41, 5.74) is 0.974. The summed E-state index contributed by atoms with van der Waals surface area (Å²) in [5.74, 6) is -0.509. The van der Waals surface area contributed by atoms with E-state index in [1.807, 2.05) is 35.2 Å². The van der Waals surface area contributed by atoms with Crippen molar-refractivity contribution in [2.45, 2.75) is 50.2 Å². The van der Waals surface area contributed by atoms with Crippen molar-refractivity contribution in [3.63, 3.8) is 0 Å². The average Bonchev–Trinajstić information content (AvgIpc) is 3.18. The number of aliphatic hydroxyl groups is 1. The highest BCUT2D eigenvalue weighted by Crippen LogP contribution is 2.35. The van der Waals surface area contributed by atoms with Crippen LogP contribution in [0.15, 0.2) is 30.3 Å². The second-order valence-corrected chi connectivity index (χ2v) is 6.36. The van der Waals surface area contributed by atoms with Gasteiger partial charge < -0.3 is 10.0 Å². The van der Waals surface area contributed by atoms with E-state index in [1.165, 1.54) is 0 Å². The van der Waals surface area contributed by atoms with E-state index in [1.54, 1.807) is 0 Å². The minimum absolute atomic E-state index is 0.0451. The number of aliphatic hydroxyl groups excluding tert-OH is 1. The van der Waals surface area contributed by atoms with Crippen LogP contribution in [-0.4, -0.2) is 34.6 Å². The predicted molar refractivity (Wildman–Crippen MR) is 82.9 cm³/mol. The van der Waals surface area contributed by atoms with Crippen LogP contribution >= 0.6 is 0 Å². The molecule has 4 heteroatoms. The van der Waals surface area contributed by atoms with E-state index in [4.69, 9.17) is 0 Å². The molecule has 0 bridgehead atoms. The maximum Gasteiger partial charge on any atom is 0.228 e. The van der Waals surface area contributed by atoms with Gasteiger partial charge in [0, 0.05) is 6.54 Å². The van der Waals surface area contributed by atoms with E-state index in [-0.39, 0.29) is 23.8 Å². The van der Waals surface area contributed by atoms with Crippen molar-refractivity contribution in [3.05, 3.63) is 35.9 Å². The summed E-state index contributed by atoms with van der Waals surface area (Å²) in [5, 5.41) is 19.6. The number of nitrogens with zero attached hydrogens (tertiary/aromatic N) is 2. The van der Waals surface area contributed by atoms with Gasteiger partial charge in [-0.1, -0.05) is 30.3 Å². The Morgan fingerprint density at radius 3 is 2.64 bits per heavy atom. The zero-order chi connectivity index (χ0) is 15.5. The molecule has 4 unspecified atom stereocenters. The highest BCUT2D eigenvalue weighted by Gasteiger charge is 2.41. The lowest BCUT2D eigenvalue weighted by atomic mass is 9.90. The van der Waals surface area contributed by atoms with Gasteiger partial charge in [-0.15, -0.1) is 0 Å². The van der Waals surface area contributed by atoms with Gasteiger partial charge in [-0.25, -0.2) is 0 Å². The van der Waals surface area contributed by atoms with Gasteiger partial charge in [0.2, 0.25) is 5.91 Å². The van der Waals surface area contributed by atoms with Crippen molar-refractivity contribution in [2.75, 3.05) is 6.54 Å². The Balaban J connectivity index is 1.80. The molecule has 1 N–H and O–H groups in total. The SMILES string of the molecule is N#CC(c1ccccc1)C1CCCN1C(=O)C1CCCC1O. The molecule has 1 heterocycles. The Kier molecular flexibility index (Phi) is 4.44. The quantitative estimate of drug-likeness (QED) is 0.932. The molecule has 4 atom stereocenters. The first-order chi connectivity index (χ1) is 10.7. The highest BCUT2D eigenvalue weighted by molar-refractivity contribution is 5.80. The summed E-state index contributed by atoms with van der Waals surface area (Å²) in [6.07, 6.45) is 3.69. The standard InChI is InChI=1S/C18H22N2O2/c19-12-15(13-6-2-1-3-7-13)16-9-5-11-20(16)18(22)14-8-4-10-17(14)21/h1-3,6-7,14-17,21H,4-5,8-11H2. The first-order valence-corrected chi connectivity index (χ1v) is 8.15. The van der Waals surface area contributed by atoms with Gasteiger partial charge >= 0.3 is 0 Å². The number of hydrogen-bond donors (Lipinski definition) is 1. The Labute approximate surface area is 131 Å². The molecule has 2 fully saturated rings. The van der Waals surface area contributed by atoms with E-state index in [9.17, 15) is 15.2 Å². The molecule has 0 radical (unpaired) electrons. The largest absolute Gasteiger partial charge is 0.392 e. The zero-order valence-electron chi connectivity index (χ0n) is 12.7. The molecule has 1 aliphatic heterocycles. The first-order valence-electron chi connectivity index (χ1n) is 8.15. The van der Waals surface area contributed by atoms with Crippen LogP contribution in [0, 0.1) is 17.2 Å². The van der Waals surface area contributed by atoms with Gasteiger partial charge in [-0.2, -0.15) is 5.26 Å². The number of benzene rings is 1. The molecule has 1 aromatic rings. The number of hydrogen-bond acceptors (Lipinski definition) is 3. The number of likely N-dealkylation sites (tertiary alicyclic amines) is 1. The molecule has 4 nitrogen and oxygen atoms in total. The summed E-state index contributed by atoms with van der Waals surface area (Å²) >= 11 is 0. The van der Waals surface area contributed by atoms with Crippen LogP contribution < -0.4 is 0 Å². The molecule has 1 aromatic carbocycles. The number of carbonyl (C=O) groups is 1. The van der Waals surface area contributed by atoms with Gasteiger partial charge in [-0.3, -0.25) is 4.79 Å². The van der Waals surface area contributed by atoms with E-state index in [2.05, 4.69) is 6.07 Å². The van der Waals surface area contributed by atoms with E-state index >= 15 is 0 Å². The van der Waals surface area contributed by atoms with E-state index in [0.717, 1.165) is 37.7 Å². The molecule has 3 rings (SSSR count). The van der Waals surface area contributed by atoms with Crippen molar-refractivity contribution >= 4 is 5.91 Å². The van der Waals surface area contributed by atoms with Crippen molar-refractivity contribution in [2.24, 2.45) is 5.92 Å². The van der Waals surface area contributed by atoms with Gasteiger partial charge in [-0.05, 0) is 37.7 Å². The third-order valence-corrected chi connectivity index (χ3v) is 5.06. The summed E-state index contributed by atoms with van der Waals surface area (Å²) in [6.45, 7) is 0.706. The second-order valence-electron chi connectivity index (χ2n) is 6.36. The fourth-order valence-electron chi connectivity index (χ4n) is 3.90. The lowest BCUT2D eigenvalue weighted by Gasteiger charge is -2.31. The predicted octanol–water partition coefficient (Wildman–Crippen LogP) is 2.45. The third kappa shape index (κ3) is 2.74. The molecule has 1 saturated carbocycles. The first kappa shape index (κ1) is 15.1. The lowest BCUT2D eigenvalue weighted by Crippen LogP contribution is -2.44. The van der Waals surface area contributed by atoms with Crippen LogP contribution in [0.1, 0.15) is 43.6 Å². The summed E-state index contributed by atoms with van der Waals surface area (Å²) in [6, 6.07) is 12.0. The Hall–Kier alpha value is -1.86. The third-order valence-electron chi connectivity index (χ3n) is 5.06. The molecule has 0 aromatic heterocycles. The van der Waals surface area contributed by atoms with E-state index < -0.39 is 6.10 Å². The topological polar surface area (TPSA) is 64.3 Å².